The molecule has 0 saturated heterocycles. The molecule has 1 aromatic carbocycles. The highest BCUT2D eigenvalue weighted by atomic mass is 35.5. The molecule has 2 aromatic rings. The highest BCUT2D eigenvalue weighted by Crippen LogP contribution is 2.21. The van der Waals surface area contributed by atoms with E-state index in [-0.39, 0.29) is 11.9 Å². The average Bonchev–Trinajstić information content (AvgIpc) is 2.16. The van der Waals surface area contributed by atoms with Crippen LogP contribution in [-0.2, 0) is 4.79 Å². The number of hydrogen-bond acceptors (Lipinski definition) is 3. The van der Waals surface area contributed by atoms with E-state index >= 15 is 0 Å². The Labute approximate surface area is 91.3 Å². The van der Waals surface area contributed by atoms with Crippen LogP contribution in [0.4, 0.5) is 5.95 Å². The van der Waals surface area contributed by atoms with Crippen LogP contribution in [0.3, 0.4) is 0 Å². The van der Waals surface area contributed by atoms with Crippen molar-refractivity contribution in [3.63, 3.8) is 0 Å². The summed E-state index contributed by atoms with van der Waals surface area (Å²) >= 11 is 5.94. The molecular formula is C10H8ClN3O. The number of fused-ring (bicyclic) bond motifs is 1. The third-order valence-corrected chi connectivity index (χ3v) is 2.13. The van der Waals surface area contributed by atoms with Gasteiger partial charge in [-0.05, 0) is 12.1 Å². The molecule has 1 aromatic heterocycles. The Balaban J connectivity index is 2.57. The minimum atomic E-state index is -0.221. The fourth-order valence-corrected chi connectivity index (χ4v) is 1.49. The van der Waals surface area contributed by atoms with Crippen molar-refractivity contribution >= 4 is 34.4 Å². The van der Waals surface area contributed by atoms with Crippen LogP contribution >= 0.6 is 11.6 Å². The number of nitrogens with one attached hydrogen (secondary N) is 1. The Hall–Kier alpha value is -1.68. The lowest BCUT2D eigenvalue weighted by Gasteiger charge is -2.03. The summed E-state index contributed by atoms with van der Waals surface area (Å²) in [4.78, 5) is 18.9. The van der Waals surface area contributed by atoms with Gasteiger partial charge in [-0.2, -0.15) is 0 Å². The summed E-state index contributed by atoms with van der Waals surface area (Å²) in [5.41, 5.74) is 0.709. The van der Waals surface area contributed by atoms with Crippen molar-refractivity contribution in [1.29, 1.82) is 0 Å². The predicted octanol–water partition coefficient (Wildman–Crippen LogP) is 2.24. The van der Waals surface area contributed by atoms with Crippen molar-refractivity contribution < 1.29 is 4.79 Å². The van der Waals surface area contributed by atoms with E-state index in [2.05, 4.69) is 15.3 Å². The molecule has 1 N–H and O–H groups in total. The number of benzene rings is 1. The van der Waals surface area contributed by atoms with Crippen LogP contribution in [0.1, 0.15) is 6.92 Å². The Morgan fingerprint density at radius 2 is 2.07 bits per heavy atom. The third-order valence-electron chi connectivity index (χ3n) is 1.84. The molecule has 4 nitrogen and oxygen atoms in total. The van der Waals surface area contributed by atoms with Crippen LogP contribution in [0.5, 0.6) is 0 Å². The SMILES string of the molecule is CC(=O)Nc1nc(Cl)c2ccccc2n1. The number of carbonyl (C=O) groups excluding carboxylic acids is 1. The average molecular weight is 222 g/mol. The number of carbonyl (C=O) groups is 1. The molecule has 1 heterocycles. The normalized spacial score (nSPS) is 10.3. The maximum atomic E-state index is 10.8. The smallest absolute Gasteiger partial charge is 0.231 e. The summed E-state index contributed by atoms with van der Waals surface area (Å²) in [6, 6.07) is 7.35. The van der Waals surface area contributed by atoms with Gasteiger partial charge in [0, 0.05) is 12.3 Å². The van der Waals surface area contributed by atoms with Gasteiger partial charge in [0.05, 0.1) is 5.52 Å². The highest BCUT2D eigenvalue weighted by Gasteiger charge is 2.05. The molecule has 0 unspecified atom stereocenters. The molecule has 0 radical (unpaired) electrons. The first-order valence-corrected chi connectivity index (χ1v) is 4.74. The summed E-state index contributed by atoms with van der Waals surface area (Å²) in [7, 11) is 0. The van der Waals surface area contributed by atoms with Crippen LogP contribution in [0.2, 0.25) is 5.15 Å². The number of aromatic nitrogens is 2. The van der Waals surface area contributed by atoms with E-state index in [4.69, 9.17) is 11.6 Å². The van der Waals surface area contributed by atoms with Crippen LogP contribution < -0.4 is 5.32 Å². The van der Waals surface area contributed by atoms with Crippen molar-refractivity contribution in [3.05, 3.63) is 29.4 Å². The van der Waals surface area contributed by atoms with Gasteiger partial charge in [0.15, 0.2) is 0 Å². The summed E-state index contributed by atoms with van der Waals surface area (Å²) < 4.78 is 0. The van der Waals surface area contributed by atoms with Crippen molar-refractivity contribution in [2.24, 2.45) is 0 Å². The molecule has 0 saturated carbocycles. The number of rotatable bonds is 1. The Morgan fingerprint density at radius 3 is 2.80 bits per heavy atom. The zero-order valence-corrected chi connectivity index (χ0v) is 8.75. The lowest BCUT2D eigenvalue weighted by Crippen LogP contribution is -2.09. The predicted molar refractivity (Wildman–Crippen MR) is 58.9 cm³/mol. The van der Waals surface area contributed by atoms with E-state index in [1.807, 2.05) is 24.3 Å². The van der Waals surface area contributed by atoms with Crippen molar-refractivity contribution in [1.82, 2.24) is 9.97 Å². The molecule has 5 heteroatoms. The van der Waals surface area contributed by atoms with E-state index in [1.165, 1.54) is 6.92 Å². The molecule has 2 rings (SSSR count). The molecule has 0 spiro atoms. The first kappa shape index (κ1) is 9.86. The molecule has 0 aliphatic carbocycles. The number of para-hydroxylation sites is 1. The molecule has 0 fully saturated rings. The molecule has 15 heavy (non-hydrogen) atoms. The van der Waals surface area contributed by atoms with Crippen molar-refractivity contribution in [2.45, 2.75) is 6.92 Å². The monoisotopic (exact) mass is 221 g/mol. The molecule has 0 aliphatic rings. The lowest BCUT2D eigenvalue weighted by atomic mass is 10.2. The molecule has 0 aliphatic heterocycles. The lowest BCUT2D eigenvalue weighted by molar-refractivity contribution is -0.114. The second-order valence-electron chi connectivity index (χ2n) is 3.04. The standard InChI is InChI=1S/C10H8ClN3O/c1-6(15)12-10-13-8-5-3-2-4-7(8)9(11)14-10/h2-5H,1H3,(H,12,13,14,15). The fraction of sp³-hybridized carbons (Fsp3) is 0.100. The van der Waals surface area contributed by atoms with Gasteiger partial charge < -0.3 is 0 Å². The maximum Gasteiger partial charge on any atom is 0.231 e. The van der Waals surface area contributed by atoms with Crippen LogP contribution in [-0.4, -0.2) is 15.9 Å². The summed E-state index contributed by atoms with van der Waals surface area (Å²) in [5.74, 6) is 0.00699. The van der Waals surface area contributed by atoms with Gasteiger partial charge in [0.2, 0.25) is 11.9 Å². The largest absolute Gasteiger partial charge is 0.295 e. The van der Waals surface area contributed by atoms with E-state index in [1.54, 1.807) is 0 Å². The van der Waals surface area contributed by atoms with E-state index in [9.17, 15) is 4.79 Å². The van der Waals surface area contributed by atoms with Gasteiger partial charge >= 0.3 is 0 Å². The van der Waals surface area contributed by atoms with Gasteiger partial charge in [0.25, 0.3) is 0 Å². The quantitative estimate of drug-likeness (QED) is 0.752. The van der Waals surface area contributed by atoms with Gasteiger partial charge in [-0.15, -0.1) is 0 Å². The molecule has 76 valence electrons. The topological polar surface area (TPSA) is 54.9 Å². The summed E-state index contributed by atoms with van der Waals surface area (Å²) in [5, 5.41) is 3.60. The second kappa shape index (κ2) is 3.82. The van der Waals surface area contributed by atoms with Gasteiger partial charge in [-0.3, -0.25) is 10.1 Å². The molecular weight excluding hydrogens is 214 g/mol. The van der Waals surface area contributed by atoms with Crippen molar-refractivity contribution in [2.75, 3.05) is 5.32 Å². The first-order valence-electron chi connectivity index (χ1n) is 4.36. The van der Waals surface area contributed by atoms with Crippen LogP contribution in [0.25, 0.3) is 10.9 Å². The maximum absolute atomic E-state index is 10.8. The Morgan fingerprint density at radius 1 is 1.33 bits per heavy atom. The number of halogens is 1. The Kier molecular flexibility index (Phi) is 2.51. The minimum Gasteiger partial charge on any atom is -0.295 e. The zero-order chi connectivity index (χ0) is 10.8. The van der Waals surface area contributed by atoms with Crippen LogP contribution in [0.15, 0.2) is 24.3 Å². The number of anilines is 1. The third kappa shape index (κ3) is 2.05. The minimum absolute atomic E-state index is 0.221. The van der Waals surface area contributed by atoms with E-state index in [0.717, 1.165) is 5.39 Å². The van der Waals surface area contributed by atoms with Gasteiger partial charge in [-0.1, -0.05) is 23.7 Å². The van der Waals surface area contributed by atoms with E-state index < -0.39 is 0 Å². The van der Waals surface area contributed by atoms with E-state index in [0.29, 0.717) is 10.7 Å². The van der Waals surface area contributed by atoms with Crippen molar-refractivity contribution in [3.8, 4) is 0 Å². The van der Waals surface area contributed by atoms with Crippen LogP contribution in [0, 0.1) is 0 Å². The van der Waals surface area contributed by atoms with Gasteiger partial charge in [0.1, 0.15) is 5.15 Å². The zero-order valence-electron chi connectivity index (χ0n) is 7.99. The molecule has 0 atom stereocenters. The second-order valence-corrected chi connectivity index (χ2v) is 3.39. The Bertz CT molecular complexity index is 527. The molecule has 1 amide bonds. The number of hydrogen-bond donors (Lipinski definition) is 1. The summed E-state index contributed by atoms with van der Waals surface area (Å²) in [6.07, 6.45) is 0. The van der Waals surface area contributed by atoms with Gasteiger partial charge in [-0.25, -0.2) is 9.97 Å². The molecule has 0 bridgehead atoms. The summed E-state index contributed by atoms with van der Waals surface area (Å²) in [6.45, 7) is 1.40. The highest BCUT2D eigenvalue weighted by molar-refractivity contribution is 6.34. The number of nitrogens with zero attached hydrogens (tertiary/aromatic N) is 2. The fourth-order valence-electron chi connectivity index (χ4n) is 1.25. The number of amides is 1. The first-order chi connectivity index (χ1) is 7.16.